The molecule has 0 atom stereocenters. The molecule has 1 fully saturated rings. The van der Waals surface area contributed by atoms with Crippen LogP contribution in [0.1, 0.15) is 0 Å². The van der Waals surface area contributed by atoms with Crippen LogP contribution in [0.5, 0.6) is 0 Å². The molecular formula is C14H21ClN6O. The zero-order valence-electron chi connectivity index (χ0n) is 12.4. The van der Waals surface area contributed by atoms with E-state index in [-0.39, 0.29) is 6.61 Å². The van der Waals surface area contributed by atoms with Crippen LogP contribution in [0.15, 0.2) is 29.2 Å². The van der Waals surface area contributed by atoms with Crippen molar-refractivity contribution in [2.45, 2.75) is 0 Å². The molecule has 1 saturated heterocycles. The molecule has 2 rings (SSSR count). The van der Waals surface area contributed by atoms with Gasteiger partial charge in [0.25, 0.3) is 0 Å². The van der Waals surface area contributed by atoms with Crippen molar-refractivity contribution < 1.29 is 5.11 Å². The quantitative estimate of drug-likeness (QED) is 0.724. The summed E-state index contributed by atoms with van der Waals surface area (Å²) in [7, 11) is 0. The fourth-order valence-corrected chi connectivity index (χ4v) is 2.50. The number of rotatable bonds is 6. The number of nitrogens with two attached hydrogens (primary N) is 1. The molecule has 3 N–H and O–H groups in total. The van der Waals surface area contributed by atoms with E-state index in [1.54, 1.807) is 24.8 Å². The van der Waals surface area contributed by atoms with Crippen LogP contribution in [-0.2, 0) is 0 Å². The summed E-state index contributed by atoms with van der Waals surface area (Å²) in [6, 6.07) is 0. The smallest absolute Gasteiger partial charge is 0.171 e. The van der Waals surface area contributed by atoms with Crippen LogP contribution in [0.25, 0.3) is 0 Å². The van der Waals surface area contributed by atoms with Gasteiger partial charge in [-0.1, -0.05) is 11.6 Å². The Morgan fingerprint density at radius 3 is 2.68 bits per heavy atom. The van der Waals surface area contributed by atoms with Gasteiger partial charge in [-0.05, 0) is 11.8 Å². The third-order valence-electron chi connectivity index (χ3n) is 3.41. The third-order valence-corrected chi connectivity index (χ3v) is 3.68. The second-order valence-corrected chi connectivity index (χ2v) is 5.29. The van der Waals surface area contributed by atoms with Gasteiger partial charge in [0, 0.05) is 51.3 Å². The fourth-order valence-electron chi connectivity index (χ4n) is 2.28. The lowest BCUT2D eigenvalue weighted by atomic mass is 10.2. The SMILES string of the molecule is NC=C(C=NCCO)CN1CCN(c2nccnc2Cl)CC1. The van der Waals surface area contributed by atoms with Crippen LogP contribution >= 0.6 is 11.6 Å². The first kappa shape index (κ1) is 16.7. The topological polar surface area (TPSA) is 90.9 Å². The Balaban J connectivity index is 1.86. The third kappa shape index (κ3) is 4.66. The summed E-state index contributed by atoms with van der Waals surface area (Å²) >= 11 is 6.08. The zero-order valence-corrected chi connectivity index (χ0v) is 13.2. The largest absolute Gasteiger partial charge is 0.404 e. The first-order valence-electron chi connectivity index (χ1n) is 7.20. The predicted molar refractivity (Wildman–Crippen MR) is 88.4 cm³/mol. The van der Waals surface area contributed by atoms with Crippen molar-refractivity contribution >= 4 is 23.6 Å². The number of hydrogen-bond acceptors (Lipinski definition) is 7. The van der Waals surface area contributed by atoms with Gasteiger partial charge in [-0.3, -0.25) is 9.89 Å². The fraction of sp³-hybridized carbons (Fsp3) is 0.500. The molecule has 0 aliphatic carbocycles. The molecule has 1 aromatic rings. The van der Waals surface area contributed by atoms with E-state index in [4.69, 9.17) is 22.4 Å². The first-order valence-corrected chi connectivity index (χ1v) is 7.57. The van der Waals surface area contributed by atoms with Gasteiger partial charge in [-0.15, -0.1) is 0 Å². The number of aliphatic hydroxyl groups is 1. The van der Waals surface area contributed by atoms with E-state index in [2.05, 4.69) is 24.8 Å². The minimum absolute atomic E-state index is 0.0475. The Hall–Kier alpha value is -1.70. The average molecular weight is 325 g/mol. The van der Waals surface area contributed by atoms with E-state index in [0.717, 1.165) is 44.1 Å². The van der Waals surface area contributed by atoms with Gasteiger partial charge in [0.1, 0.15) is 0 Å². The van der Waals surface area contributed by atoms with Crippen molar-refractivity contribution in [1.82, 2.24) is 14.9 Å². The summed E-state index contributed by atoms with van der Waals surface area (Å²) in [5.41, 5.74) is 6.57. The predicted octanol–water partition coefficient (Wildman–Crippen LogP) is 0.158. The summed E-state index contributed by atoms with van der Waals surface area (Å²) in [6.07, 6.45) is 6.53. The Morgan fingerprint density at radius 2 is 2.05 bits per heavy atom. The molecule has 2 heterocycles. The van der Waals surface area contributed by atoms with Crippen LogP contribution in [0.4, 0.5) is 5.82 Å². The van der Waals surface area contributed by atoms with Crippen LogP contribution in [0.3, 0.4) is 0 Å². The van der Waals surface area contributed by atoms with Crippen molar-refractivity contribution in [2.24, 2.45) is 10.7 Å². The number of piperazine rings is 1. The summed E-state index contributed by atoms with van der Waals surface area (Å²) in [4.78, 5) is 16.9. The molecule has 7 nitrogen and oxygen atoms in total. The van der Waals surface area contributed by atoms with Gasteiger partial charge in [-0.25, -0.2) is 9.97 Å². The molecule has 22 heavy (non-hydrogen) atoms. The standard InChI is InChI=1S/C14H21ClN6O/c15-13-14(19-2-1-18-13)21-6-4-20(5-7-21)11-12(9-16)10-17-3-8-22/h1-2,9-10,22H,3-8,11,16H2. The maximum absolute atomic E-state index is 8.73. The average Bonchev–Trinajstić information content (AvgIpc) is 2.55. The number of aliphatic imine (C=N–C) groups is 1. The minimum atomic E-state index is 0.0475. The number of halogens is 1. The Labute approximate surface area is 135 Å². The molecule has 0 unspecified atom stereocenters. The highest BCUT2D eigenvalue weighted by molar-refractivity contribution is 6.31. The molecule has 8 heteroatoms. The molecule has 120 valence electrons. The van der Waals surface area contributed by atoms with Crippen molar-refractivity contribution in [2.75, 3.05) is 50.8 Å². The van der Waals surface area contributed by atoms with Crippen LogP contribution in [-0.4, -0.2) is 72.1 Å². The van der Waals surface area contributed by atoms with E-state index in [9.17, 15) is 0 Å². The molecule has 0 radical (unpaired) electrons. The molecule has 1 aromatic heterocycles. The molecule has 1 aliphatic rings. The van der Waals surface area contributed by atoms with Crippen molar-refractivity contribution in [1.29, 1.82) is 0 Å². The lowest BCUT2D eigenvalue weighted by Gasteiger charge is -2.35. The first-order chi connectivity index (χ1) is 10.7. The van der Waals surface area contributed by atoms with Crippen LogP contribution < -0.4 is 10.6 Å². The number of nitrogens with zero attached hydrogens (tertiary/aromatic N) is 5. The molecule has 0 bridgehead atoms. The highest BCUT2D eigenvalue weighted by atomic mass is 35.5. The van der Waals surface area contributed by atoms with Gasteiger partial charge in [0.2, 0.25) is 0 Å². The number of aliphatic hydroxyl groups excluding tert-OH is 1. The van der Waals surface area contributed by atoms with Gasteiger partial charge in [0.05, 0.1) is 13.2 Å². The van der Waals surface area contributed by atoms with Crippen LogP contribution in [0, 0.1) is 0 Å². The molecular weight excluding hydrogens is 304 g/mol. The molecule has 0 saturated carbocycles. The molecule has 0 amide bonds. The summed E-state index contributed by atoms with van der Waals surface area (Å²) in [6.45, 7) is 4.64. The van der Waals surface area contributed by atoms with Crippen molar-refractivity contribution in [3.8, 4) is 0 Å². The van der Waals surface area contributed by atoms with Crippen LogP contribution in [0.2, 0.25) is 5.15 Å². The number of anilines is 1. The van der Waals surface area contributed by atoms with E-state index in [0.29, 0.717) is 11.7 Å². The highest BCUT2D eigenvalue weighted by Crippen LogP contribution is 2.21. The van der Waals surface area contributed by atoms with E-state index in [1.165, 1.54) is 0 Å². The zero-order chi connectivity index (χ0) is 15.8. The Morgan fingerprint density at radius 1 is 1.32 bits per heavy atom. The minimum Gasteiger partial charge on any atom is -0.404 e. The molecule has 1 aliphatic heterocycles. The van der Waals surface area contributed by atoms with Gasteiger partial charge in [-0.2, -0.15) is 0 Å². The molecule has 0 spiro atoms. The van der Waals surface area contributed by atoms with E-state index in [1.807, 2.05) is 0 Å². The lowest BCUT2D eigenvalue weighted by Crippen LogP contribution is -2.47. The normalized spacial score (nSPS) is 17.4. The second kappa shape index (κ2) is 8.67. The summed E-state index contributed by atoms with van der Waals surface area (Å²) < 4.78 is 0. The Bertz CT molecular complexity index is 528. The summed E-state index contributed by atoms with van der Waals surface area (Å²) in [5, 5.41) is 9.17. The second-order valence-electron chi connectivity index (χ2n) is 4.93. The van der Waals surface area contributed by atoms with E-state index >= 15 is 0 Å². The number of hydrogen-bond donors (Lipinski definition) is 2. The molecule has 0 aromatic carbocycles. The lowest BCUT2D eigenvalue weighted by molar-refractivity contribution is 0.280. The van der Waals surface area contributed by atoms with Crippen molar-refractivity contribution in [3.63, 3.8) is 0 Å². The van der Waals surface area contributed by atoms with Gasteiger partial charge in [0.15, 0.2) is 11.0 Å². The highest BCUT2D eigenvalue weighted by Gasteiger charge is 2.20. The van der Waals surface area contributed by atoms with E-state index < -0.39 is 0 Å². The summed E-state index contributed by atoms with van der Waals surface area (Å²) in [5.74, 6) is 0.739. The Kier molecular flexibility index (Phi) is 6.57. The van der Waals surface area contributed by atoms with Crippen molar-refractivity contribution in [3.05, 3.63) is 29.3 Å². The maximum atomic E-state index is 8.73. The van der Waals surface area contributed by atoms with Gasteiger partial charge < -0.3 is 15.7 Å². The van der Waals surface area contributed by atoms with Gasteiger partial charge >= 0.3 is 0 Å². The maximum Gasteiger partial charge on any atom is 0.171 e. The number of aromatic nitrogens is 2. The monoisotopic (exact) mass is 324 g/mol.